The van der Waals surface area contributed by atoms with Gasteiger partial charge in [-0.25, -0.2) is 19.9 Å². The fourth-order valence-corrected chi connectivity index (χ4v) is 4.00. The normalized spacial score (nSPS) is 14.5. The third-order valence-corrected chi connectivity index (χ3v) is 5.82. The molecule has 34 heavy (non-hydrogen) atoms. The number of aromatic nitrogens is 6. The van der Waals surface area contributed by atoms with Gasteiger partial charge < -0.3 is 20.3 Å². The summed E-state index contributed by atoms with van der Waals surface area (Å²) in [6, 6.07) is 7.35. The first-order valence-electron chi connectivity index (χ1n) is 10.8. The zero-order valence-corrected chi connectivity index (χ0v) is 18.8. The van der Waals surface area contributed by atoms with Gasteiger partial charge in [0, 0.05) is 37.8 Å². The first kappa shape index (κ1) is 21.7. The van der Waals surface area contributed by atoms with Crippen LogP contribution in [0.3, 0.4) is 0 Å². The number of likely N-dealkylation sites (N-methyl/N-ethyl adjacent to an activating group) is 1. The van der Waals surface area contributed by atoms with Crippen molar-refractivity contribution in [3.05, 3.63) is 36.9 Å². The van der Waals surface area contributed by atoms with Crippen molar-refractivity contribution in [2.24, 2.45) is 10.7 Å². The molecule has 1 fully saturated rings. The number of benzene rings is 1. The van der Waals surface area contributed by atoms with Gasteiger partial charge >= 0.3 is 0 Å². The molecule has 1 saturated heterocycles. The molecule has 174 valence electrons. The summed E-state index contributed by atoms with van der Waals surface area (Å²) in [5.41, 5.74) is 14.2. The van der Waals surface area contributed by atoms with Crippen LogP contribution in [-0.4, -0.2) is 81.3 Å². The molecule has 0 atom stereocenters. The van der Waals surface area contributed by atoms with Gasteiger partial charge in [-0.3, -0.25) is 10.7 Å². The van der Waals surface area contributed by atoms with Crippen LogP contribution in [0.4, 0.5) is 17.3 Å². The Balaban J connectivity index is 1.62. The quantitative estimate of drug-likeness (QED) is 0.318. The number of piperazine rings is 1. The summed E-state index contributed by atoms with van der Waals surface area (Å²) in [4.78, 5) is 26.2. The van der Waals surface area contributed by atoms with Gasteiger partial charge in [-0.2, -0.15) is 9.78 Å². The first-order chi connectivity index (χ1) is 16.6. The van der Waals surface area contributed by atoms with Crippen LogP contribution in [0.1, 0.15) is 0 Å². The van der Waals surface area contributed by atoms with Crippen molar-refractivity contribution in [3.63, 3.8) is 0 Å². The molecular weight excluding hydrogens is 434 g/mol. The van der Waals surface area contributed by atoms with Crippen LogP contribution in [0.2, 0.25) is 0 Å². The molecule has 4 N–H and O–H groups in total. The molecule has 5 rings (SSSR count). The molecule has 0 spiro atoms. The Morgan fingerprint density at radius 1 is 1.03 bits per heavy atom. The molecule has 4 aromatic rings. The minimum Gasteiger partial charge on any atom is -0.476 e. The van der Waals surface area contributed by atoms with Gasteiger partial charge in [0.1, 0.15) is 48.2 Å². The number of rotatable bonds is 6. The van der Waals surface area contributed by atoms with E-state index >= 15 is 0 Å². The smallest absolute Gasteiger partial charge is 0.170 e. The van der Waals surface area contributed by atoms with E-state index in [1.54, 1.807) is 17.1 Å². The van der Waals surface area contributed by atoms with Crippen molar-refractivity contribution in [1.82, 2.24) is 34.6 Å². The van der Waals surface area contributed by atoms with Gasteiger partial charge in [0.05, 0.1) is 5.39 Å². The Morgan fingerprint density at radius 2 is 1.79 bits per heavy atom. The number of nitrogens with two attached hydrogens (primary N) is 2. The van der Waals surface area contributed by atoms with Crippen LogP contribution < -0.4 is 21.1 Å². The third-order valence-electron chi connectivity index (χ3n) is 5.82. The summed E-state index contributed by atoms with van der Waals surface area (Å²) < 4.78 is 7.09. The Kier molecular flexibility index (Phi) is 5.74. The summed E-state index contributed by atoms with van der Waals surface area (Å²) in [6.07, 6.45) is 2.95. The van der Waals surface area contributed by atoms with Crippen molar-refractivity contribution in [3.8, 4) is 22.8 Å². The molecule has 12 heteroatoms. The molecule has 12 nitrogen and oxygen atoms in total. The maximum atomic E-state index is 6.27. The van der Waals surface area contributed by atoms with E-state index in [0.717, 1.165) is 37.6 Å². The molecule has 0 bridgehead atoms. The number of fused-ring (bicyclic) bond motifs is 1. The lowest BCUT2D eigenvalue weighted by Crippen LogP contribution is -2.44. The Labute approximate surface area is 195 Å². The Morgan fingerprint density at radius 3 is 2.56 bits per heavy atom. The van der Waals surface area contributed by atoms with Crippen molar-refractivity contribution < 1.29 is 4.74 Å². The van der Waals surface area contributed by atoms with Crippen LogP contribution in [0.15, 0.2) is 41.9 Å². The molecule has 4 heterocycles. The van der Waals surface area contributed by atoms with Crippen molar-refractivity contribution in [1.29, 1.82) is 0 Å². The van der Waals surface area contributed by atoms with Crippen LogP contribution in [-0.2, 0) is 0 Å². The molecular formula is C22H25N11O. The molecule has 0 saturated carbocycles. The predicted molar refractivity (Wildman–Crippen MR) is 131 cm³/mol. The van der Waals surface area contributed by atoms with E-state index in [2.05, 4.69) is 48.5 Å². The highest BCUT2D eigenvalue weighted by molar-refractivity contribution is 5.99. The molecule has 1 aromatic carbocycles. The number of nitrogens with zero attached hydrogens (tertiary/aromatic N) is 9. The predicted octanol–water partition coefficient (Wildman–Crippen LogP) is 1.23. The van der Waals surface area contributed by atoms with E-state index in [0.29, 0.717) is 39.8 Å². The molecule has 0 unspecified atom stereocenters. The highest BCUT2D eigenvalue weighted by Gasteiger charge is 2.21. The zero-order valence-electron chi connectivity index (χ0n) is 18.8. The summed E-state index contributed by atoms with van der Waals surface area (Å²) in [6.45, 7) is 7.39. The van der Waals surface area contributed by atoms with E-state index in [1.807, 2.05) is 18.2 Å². The average molecular weight is 460 g/mol. The van der Waals surface area contributed by atoms with Crippen LogP contribution >= 0.6 is 0 Å². The lowest BCUT2D eigenvalue weighted by Gasteiger charge is -2.33. The fraction of sp³-hybridized carbons (Fsp3) is 0.273. The van der Waals surface area contributed by atoms with Crippen molar-refractivity contribution >= 4 is 35.1 Å². The minimum atomic E-state index is 0.0313. The average Bonchev–Trinajstić information content (AvgIpc) is 3.26. The van der Waals surface area contributed by atoms with E-state index in [9.17, 15) is 0 Å². The number of hydrogen-bond donors (Lipinski definition) is 2. The van der Waals surface area contributed by atoms with Crippen LogP contribution in [0.25, 0.3) is 28.1 Å². The fourth-order valence-electron chi connectivity index (χ4n) is 4.00. The minimum absolute atomic E-state index is 0.0313. The van der Waals surface area contributed by atoms with Crippen LogP contribution in [0, 0.1) is 0 Å². The van der Waals surface area contributed by atoms with Crippen molar-refractivity contribution in [2.75, 3.05) is 50.6 Å². The molecule has 0 amide bonds. The second-order valence-corrected chi connectivity index (χ2v) is 7.89. The van der Waals surface area contributed by atoms with Gasteiger partial charge in [-0.15, -0.1) is 0 Å². The molecule has 1 aliphatic rings. The second-order valence-electron chi connectivity index (χ2n) is 7.89. The largest absolute Gasteiger partial charge is 0.476 e. The highest BCUT2D eigenvalue weighted by atomic mass is 16.5. The van der Waals surface area contributed by atoms with Gasteiger partial charge in [-0.1, -0.05) is 0 Å². The van der Waals surface area contributed by atoms with Crippen LogP contribution in [0.5, 0.6) is 5.75 Å². The number of aliphatic imine (C=N–C) groups is 1. The summed E-state index contributed by atoms with van der Waals surface area (Å²) in [7, 11) is 2.12. The summed E-state index contributed by atoms with van der Waals surface area (Å²) >= 11 is 0. The van der Waals surface area contributed by atoms with Crippen molar-refractivity contribution in [2.45, 2.75) is 0 Å². The molecule has 0 radical (unpaired) electrons. The third kappa shape index (κ3) is 3.89. The highest BCUT2D eigenvalue weighted by Crippen LogP contribution is 2.36. The second kappa shape index (κ2) is 9.00. The summed E-state index contributed by atoms with van der Waals surface area (Å²) in [5.74, 6) is 2.27. The van der Waals surface area contributed by atoms with Gasteiger partial charge in [0.2, 0.25) is 0 Å². The van der Waals surface area contributed by atoms with E-state index in [1.165, 1.54) is 6.33 Å². The zero-order chi connectivity index (χ0) is 23.7. The maximum Gasteiger partial charge on any atom is 0.170 e. The lowest BCUT2D eigenvalue weighted by molar-refractivity contribution is 0.312. The molecule has 0 aliphatic carbocycles. The molecule has 3 aromatic heterocycles. The molecule has 1 aliphatic heterocycles. The Hall–Kier alpha value is -4.16. The van der Waals surface area contributed by atoms with Gasteiger partial charge in [-0.05, 0) is 32.0 Å². The first-order valence-corrected chi connectivity index (χ1v) is 10.8. The maximum absolute atomic E-state index is 6.27. The topological polar surface area (TPSA) is 149 Å². The van der Waals surface area contributed by atoms with E-state index < -0.39 is 0 Å². The number of nitrogen functional groups attached to an aromatic ring is 1. The number of hydrogen-bond acceptors (Lipinski definition) is 11. The SMILES string of the molecule is C=Nc1cc(-c2nn(-c3cc(N4CCN(C)CC4)ncn3)c3ncnc(N)c23)ccc1OCN. The standard InChI is InChI=1S/C22H25N11O/c1-25-15-9-14(3-4-16(15)34-11-23)20-19-21(24)28-13-29-22(19)33(30-20)18-10-17(26-12-27-18)32-7-5-31(2)6-8-32/h3-4,9-10,12-13H,1,5-8,11,23H2,2H3,(H2,24,28,29). The van der Waals surface area contributed by atoms with Gasteiger partial charge in [0.25, 0.3) is 0 Å². The van der Waals surface area contributed by atoms with E-state index in [-0.39, 0.29) is 6.73 Å². The lowest BCUT2D eigenvalue weighted by atomic mass is 10.1. The Bertz CT molecular complexity index is 1340. The number of anilines is 2. The summed E-state index contributed by atoms with van der Waals surface area (Å²) in [5, 5.41) is 5.45. The monoisotopic (exact) mass is 459 g/mol. The number of ether oxygens (including phenoxy) is 1. The van der Waals surface area contributed by atoms with Gasteiger partial charge in [0.15, 0.2) is 11.5 Å². The van der Waals surface area contributed by atoms with E-state index in [4.69, 9.17) is 21.3 Å².